The maximum absolute atomic E-state index is 8.25. The molecule has 2 aromatic rings. The molecule has 7 heteroatoms. The van der Waals surface area contributed by atoms with Gasteiger partial charge < -0.3 is 14.5 Å². The maximum atomic E-state index is 8.25. The Bertz CT molecular complexity index is 1370. The Hall–Kier alpha value is -1.05. The molecule has 6 rings (SSSR count). The van der Waals surface area contributed by atoms with Gasteiger partial charge in [-0.25, -0.2) is 0 Å². The van der Waals surface area contributed by atoms with Crippen LogP contribution in [0.15, 0.2) is 47.5 Å². The fourth-order valence-electron chi connectivity index (χ4n) is 9.36. The van der Waals surface area contributed by atoms with Crippen LogP contribution in [0.1, 0.15) is 98.1 Å². The predicted octanol–water partition coefficient (Wildman–Crippen LogP) is 11.3. The number of hydrogen-bond acceptors (Lipinski definition) is 3. The molecule has 3 aliphatic carbocycles. The molecule has 4 aliphatic rings. The molecule has 2 unspecified atom stereocenters. The zero-order chi connectivity index (χ0) is 32.0. The minimum atomic E-state index is -0.479. The van der Waals surface area contributed by atoms with Gasteiger partial charge in [-0.05, 0) is 113 Å². The summed E-state index contributed by atoms with van der Waals surface area (Å²) in [5, 5.41) is -0.294. The number of aryl methyl sites for hydroxylation is 6. The van der Waals surface area contributed by atoms with Crippen molar-refractivity contribution in [2.24, 2.45) is 0 Å². The number of allylic oxidation sites excluding steroid dienone is 2. The second-order valence-electron chi connectivity index (χ2n) is 14.3. The van der Waals surface area contributed by atoms with Gasteiger partial charge in [-0.2, -0.15) is 0 Å². The van der Waals surface area contributed by atoms with Crippen LogP contribution in [0, 0.1) is 41.5 Å². The minimum absolute atomic E-state index is 0. The van der Waals surface area contributed by atoms with Gasteiger partial charge in [0.1, 0.15) is 5.82 Å². The Morgan fingerprint density at radius 2 is 1.20 bits per heavy atom. The average molecular weight is 769 g/mol. The molecule has 2 atom stereocenters. The van der Waals surface area contributed by atoms with Gasteiger partial charge in [-0.15, -0.1) is 23.2 Å². The summed E-state index contributed by atoms with van der Waals surface area (Å²) in [5.74, 6) is 1.25. The zero-order valence-electron chi connectivity index (χ0n) is 29.0. The standard InChI is InChI=1S/C39H53Cl2N2OP.Ru/c1-8-44-24-34-35(40)33(23-39(34,41)45(31-13-9-10-14-31)32-15-11-12-16-32)38-42(36-27(4)19-25(2)20-28(36)5)17-18-43(38)37-29(6)21-26(3)22-30(37)7;/h19-22,24,31-32,35H,8-18,23H2,1-7H3;. The SMILES string of the molecule is CCOC=C1C(Cl)C(=C2N(c3c(C)cc(C)cc3C)CCN2c2c(C)cc(C)cc2C)CC1(Cl)P(C1CCCC1)C1CCCC1.[Ru]. The summed E-state index contributed by atoms with van der Waals surface area (Å²) in [6.45, 7) is 18.0. The molecule has 0 amide bonds. The third-order valence-electron chi connectivity index (χ3n) is 10.8. The molecule has 252 valence electrons. The Morgan fingerprint density at radius 1 is 0.783 bits per heavy atom. The predicted molar refractivity (Wildman–Crippen MR) is 197 cm³/mol. The van der Waals surface area contributed by atoms with Gasteiger partial charge >= 0.3 is 0 Å². The van der Waals surface area contributed by atoms with Crippen molar-refractivity contribution in [1.29, 1.82) is 0 Å². The van der Waals surface area contributed by atoms with Crippen molar-refractivity contribution in [2.45, 2.75) is 128 Å². The summed E-state index contributed by atoms with van der Waals surface area (Å²) in [6.07, 6.45) is 13.4. The first-order valence-electron chi connectivity index (χ1n) is 17.4. The summed E-state index contributed by atoms with van der Waals surface area (Å²) in [6, 6.07) is 9.31. The molecule has 0 spiro atoms. The van der Waals surface area contributed by atoms with Crippen LogP contribution in [-0.2, 0) is 24.2 Å². The van der Waals surface area contributed by atoms with Gasteiger partial charge in [-0.1, -0.05) is 69.0 Å². The van der Waals surface area contributed by atoms with E-state index in [1.54, 1.807) is 0 Å². The van der Waals surface area contributed by atoms with Crippen LogP contribution in [-0.4, -0.2) is 41.0 Å². The molecule has 0 aromatic heterocycles. The second-order valence-corrected chi connectivity index (χ2v) is 18.6. The monoisotopic (exact) mass is 768 g/mol. The topological polar surface area (TPSA) is 15.7 Å². The number of halogens is 2. The molecule has 0 radical (unpaired) electrons. The molecule has 1 heterocycles. The van der Waals surface area contributed by atoms with Gasteiger partial charge in [0.15, 0.2) is 0 Å². The molecular formula is C39H53Cl2N2OPRu. The van der Waals surface area contributed by atoms with Gasteiger partial charge in [0.05, 0.1) is 22.9 Å². The smallest absolute Gasteiger partial charge is 0.114 e. The number of benzene rings is 2. The third-order valence-corrected chi connectivity index (χ3v) is 16.1. The molecule has 3 nitrogen and oxygen atoms in total. The van der Waals surface area contributed by atoms with Crippen molar-refractivity contribution in [3.63, 3.8) is 0 Å². The van der Waals surface area contributed by atoms with Gasteiger partial charge in [0, 0.05) is 55.9 Å². The van der Waals surface area contributed by atoms with E-state index in [9.17, 15) is 0 Å². The van der Waals surface area contributed by atoms with E-state index >= 15 is 0 Å². The van der Waals surface area contributed by atoms with Crippen LogP contribution in [0.2, 0.25) is 0 Å². The van der Waals surface area contributed by atoms with Crippen LogP contribution < -0.4 is 9.80 Å². The molecule has 4 fully saturated rings. The van der Waals surface area contributed by atoms with Crippen LogP contribution in [0.25, 0.3) is 0 Å². The number of ether oxygens (including phenoxy) is 1. The maximum Gasteiger partial charge on any atom is 0.114 e. The molecule has 0 N–H and O–H groups in total. The van der Waals surface area contributed by atoms with E-state index in [4.69, 9.17) is 27.9 Å². The zero-order valence-corrected chi connectivity index (χ0v) is 33.1. The first-order valence-corrected chi connectivity index (χ1v) is 19.7. The van der Waals surface area contributed by atoms with Crippen molar-refractivity contribution in [3.05, 3.63) is 80.9 Å². The Morgan fingerprint density at radius 3 is 1.59 bits per heavy atom. The quantitative estimate of drug-likeness (QED) is 0.121. The van der Waals surface area contributed by atoms with Crippen molar-refractivity contribution >= 4 is 42.5 Å². The fourth-order valence-corrected chi connectivity index (χ4v) is 15.5. The van der Waals surface area contributed by atoms with E-state index in [0.29, 0.717) is 6.61 Å². The number of hydrogen-bond donors (Lipinski definition) is 0. The van der Waals surface area contributed by atoms with Crippen molar-refractivity contribution in [1.82, 2.24) is 0 Å². The number of nitrogens with zero attached hydrogens (tertiary/aromatic N) is 2. The molecule has 1 aliphatic heterocycles. The van der Waals surface area contributed by atoms with Crippen LogP contribution in [0.5, 0.6) is 0 Å². The first kappa shape index (κ1) is 36.2. The van der Waals surface area contributed by atoms with Crippen molar-refractivity contribution < 1.29 is 24.2 Å². The van der Waals surface area contributed by atoms with Crippen LogP contribution in [0.4, 0.5) is 11.4 Å². The summed E-state index contributed by atoms with van der Waals surface area (Å²) in [5.41, 5.74) is 14.3. The van der Waals surface area contributed by atoms with E-state index in [1.807, 2.05) is 6.26 Å². The molecule has 2 aromatic carbocycles. The summed E-state index contributed by atoms with van der Waals surface area (Å²) >= 11 is 16.0. The Kier molecular flexibility index (Phi) is 11.7. The average Bonchev–Trinajstić information content (AvgIpc) is 3.77. The molecule has 1 saturated heterocycles. The van der Waals surface area contributed by atoms with E-state index < -0.39 is 12.5 Å². The normalized spacial score (nSPS) is 25.1. The van der Waals surface area contributed by atoms with Gasteiger partial charge in [0.2, 0.25) is 0 Å². The van der Waals surface area contributed by atoms with E-state index in [-0.39, 0.29) is 24.9 Å². The molecule has 0 bridgehead atoms. The molecular weight excluding hydrogens is 715 g/mol. The van der Waals surface area contributed by atoms with Crippen LogP contribution in [0.3, 0.4) is 0 Å². The summed E-state index contributed by atoms with van der Waals surface area (Å²) < 4.78 is 5.65. The van der Waals surface area contributed by atoms with E-state index in [1.165, 1.54) is 108 Å². The largest absolute Gasteiger partial charge is 0.501 e. The second kappa shape index (κ2) is 14.8. The summed E-state index contributed by atoms with van der Waals surface area (Å²) in [4.78, 5) is 5.17. The van der Waals surface area contributed by atoms with Crippen molar-refractivity contribution in [3.8, 4) is 0 Å². The number of rotatable bonds is 7. The van der Waals surface area contributed by atoms with E-state index in [0.717, 1.165) is 36.4 Å². The number of alkyl halides is 2. The molecule has 3 saturated carbocycles. The van der Waals surface area contributed by atoms with Gasteiger partial charge in [0.25, 0.3) is 0 Å². The minimum Gasteiger partial charge on any atom is -0.501 e. The first-order chi connectivity index (χ1) is 21.5. The third kappa shape index (κ3) is 6.61. The number of anilines is 2. The fraction of sp³-hybridized carbons (Fsp3) is 0.590. The molecule has 46 heavy (non-hydrogen) atoms. The van der Waals surface area contributed by atoms with Crippen molar-refractivity contribution in [2.75, 3.05) is 29.5 Å². The Balaban J connectivity index is 0.00000417. The summed E-state index contributed by atoms with van der Waals surface area (Å²) in [7, 11) is -0.479. The van der Waals surface area contributed by atoms with Crippen LogP contribution >= 0.6 is 31.1 Å². The van der Waals surface area contributed by atoms with E-state index in [2.05, 4.69) is 82.5 Å². The van der Waals surface area contributed by atoms with Gasteiger partial charge in [-0.3, -0.25) is 0 Å². The Labute approximate surface area is 303 Å².